The number of hydrogen-bond donors (Lipinski definition) is 2. The van der Waals surface area contributed by atoms with E-state index in [1.807, 2.05) is 20.8 Å². The van der Waals surface area contributed by atoms with Gasteiger partial charge in [-0.15, -0.1) is 0 Å². The Morgan fingerprint density at radius 3 is 2.43 bits per heavy atom. The summed E-state index contributed by atoms with van der Waals surface area (Å²) in [6.45, 7) is 6.01. The lowest BCUT2D eigenvalue weighted by molar-refractivity contribution is 0.152. The van der Waals surface area contributed by atoms with Crippen molar-refractivity contribution in [3.05, 3.63) is 0 Å². The summed E-state index contributed by atoms with van der Waals surface area (Å²) in [7, 11) is 0. The van der Waals surface area contributed by atoms with Crippen LogP contribution in [0.3, 0.4) is 0 Å². The Morgan fingerprint density at radius 2 is 2.07 bits per heavy atom. The van der Waals surface area contributed by atoms with E-state index in [0.717, 1.165) is 4.90 Å². The van der Waals surface area contributed by atoms with Gasteiger partial charge >= 0.3 is 6.09 Å². The lowest BCUT2D eigenvalue weighted by Gasteiger charge is -2.26. The monoisotopic (exact) mass is 204 g/mol. The maximum atomic E-state index is 13.4. The number of carboxylic acid groups (broad SMARTS) is 1. The van der Waals surface area contributed by atoms with Crippen molar-refractivity contribution in [3.8, 4) is 0 Å². The molecule has 5 heteroatoms. The first kappa shape index (κ1) is 11.2. The summed E-state index contributed by atoms with van der Waals surface area (Å²) >= 11 is 0. The molecular weight excluding hydrogens is 187 g/mol. The van der Waals surface area contributed by atoms with Gasteiger partial charge in [-0.2, -0.15) is 0 Å². The van der Waals surface area contributed by atoms with Crippen LogP contribution in [0.15, 0.2) is 0 Å². The first-order valence-corrected chi connectivity index (χ1v) is 4.69. The summed E-state index contributed by atoms with van der Waals surface area (Å²) in [5.41, 5.74) is -0.191. The van der Waals surface area contributed by atoms with E-state index in [0.29, 0.717) is 0 Å². The van der Waals surface area contributed by atoms with E-state index < -0.39 is 12.3 Å². The average molecular weight is 204 g/mol. The first-order valence-electron chi connectivity index (χ1n) is 4.69. The molecule has 0 bridgehead atoms. The molecule has 0 aromatic carbocycles. The van der Waals surface area contributed by atoms with Crippen LogP contribution in [-0.2, 0) is 0 Å². The number of amides is 1. The second kappa shape index (κ2) is 3.73. The largest absolute Gasteiger partial charge is 0.465 e. The zero-order chi connectivity index (χ0) is 10.9. The number of nitrogens with one attached hydrogen (secondary N) is 1. The summed E-state index contributed by atoms with van der Waals surface area (Å²) in [5.74, 6) is 0. The highest BCUT2D eigenvalue weighted by atomic mass is 19.1. The van der Waals surface area contributed by atoms with Gasteiger partial charge in [-0.3, -0.25) is 0 Å². The molecule has 0 unspecified atom stereocenters. The van der Waals surface area contributed by atoms with Crippen LogP contribution in [0.25, 0.3) is 0 Å². The maximum Gasteiger partial charge on any atom is 0.407 e. The van der Waals surface area contributed by atoms with Gasteiger partial charge in [-0.05, 0) is 20.8 Å². The molecule has 2 N–H and O–H groups in total. The molecule has 1 fully saturated rings. The highest BCUT2D eigenvalue weighted by Crippen LogP contribution is 2.16. The Hall–Kier alpha value is -0.840. The van der Waals surface area contributed by atoms with Crippen molar-refractivity contribution >= 4 is 6.09 Å². The second-order valence-corrected chi connectivity index (χ2v) is 4.70. The Kier molecular flexibility index (Phi) is 2.99. The minimum absolute atomic E-state index is 0.0247. The van der Waals surface area contributed by atoms with Gasteiger partial charge in [0, 0.05) is 12.1 Å². The van der Waals surface area contributed by atoms with Crippen molar-refractivity contribution < 1.29 is 14.3 Å². The van der Waals surface area contributed by atoms with Crippen molar-refractivity contribution in [2.75, 3.05) is 13.1 Å². The van der Waals surface area contributed by atoms with Crippen LogP contribution in [0, 0.1) is 0 Å². The van der Waals surface area contributed by atoms with Gasteiger partial charge in [0.05, 0.1) is 12.6 Å². The molecule has 1 heterocycles. The van der Waals surface area contributed by atoms with Crippen LogP contribution >= 0.6 is 0 Å². The standard InChI is InChI=1S/C9H17FN2O2/c1-9(2,3)11-7-5-12(8(13)14)4-6(7)10/h6-7,11H,4-5H2,1-3H3,(H,13,14)/t6-,7+/m0/s1. The average Bonchev–Trinajstić information content (AvgIpc) is 2.29. The van der Waals surface area contributed by atoms with Gasteiger partial charge in [0.1, 0.15) is 6.17 Å². The van der Waals surface area contributed by atoms with Gasteiger partial charge in [0.2, 0.25) is 0 Å². The fourth-order valence-electron chi connectivity index (χ4n) is 1.61. The van der Waals surface area contributed by atoms with Crippen LogP contribution in [0.2, 0.25) is 0 Å². The summed E-state index contributed by atoms with van der Waals surface area (Å²) in [6, 6.07) is -0.383. The van der Waals surface area contributed by atoms with E-state index in [1.165, 1.54) is 0 Å². The number of halogens is 1. The molecular formula is C9H17FN2O2. The van der Waals surface area contributed by atoms with Gasteiger partial charge in [-0.1, -0.05) is 0 Å². The van der Waals surface area contributed by atoms with E-state index in [1.54, 1.807) is 0 Å². The minimum atomic E-state index is -1.11. The van der Waals surface area contributed by atoms with E-state index in [4.69, 9.17) is 5.11 Å². The predicted octanol–water partition coefficient (Wildman–Crippen LogP) is 1.07. The Labute approximate surface area is 83.1 Å². The highest BCUT2D eigenvalue weighted by Gasteiger charge is 2.36. The molecule has 0 radical (unpaired) electrons. The van der Waals surface area contributed by atoms with Gasteiger partial charge < -0.3 is 15.3 Å². The number of hydrogen-bond acceptors (Lipinski definition) is 2. The number of carbonyl (C=O) groups is 1. The zero-order valence-corrected chi connectivity index (χ0v) is 8.75. The van der Waals surface area contributed by atoms with E-state index >= 15 is 0 Å². The quantitative estimate of drug-likeness (QED) is 0.672. The maximum absolute atomic E-state index is 13.4. The molecule has 0 saturated carbocycles. The fraction of sp³-hybridized carbons (Fsp3) is 0.889. The summed E-state index contributed by atoms with van der Waals surface area (Å²) in [5, 5.41) is 11.8. The number of likely N-dealkylation sites (tertiary alicyclic amines) is 1. The molecule has 1 amide bonds. The van der Waals surface area contributed by atoms with Crippen molar-refractivity contribution in [3.63, 3.8) is 0 Å². The summed E-state index contributed by atoms with van der Waals surface area (Å²) < 4.78 is 13.4. The molecule has 82 valence electrons. The molecule has 14 heavy (non-hydrogen) atoms. The van der Waals surface area contributed by atoms with Crippen molar-refractivity contribution in [2.45, 2.75) is 38.5 Å². The van der Waals surface area contributed by atoms with Crippen molar-refractivity contribution in [1.29, 1.82) is 0 Å². The van der Waals surface area contributed by atoms with Crippen LogP contribution in [-0.4, -0.2) is 46.9 Å². The lowest BCUT2D eigenvalue weighted by Crippen LogP contribution is -2.48. The molecule has 2 atom stereocenters. The number of nitrogens with zero attached hydrogens (tertiary/aromatic N) is 1. The normalized spacial score (nSPS) is 28.1. The van der Waals surface area contributed by atoms with Crippen LogP contribution < -0.4 is 5.32 Å². The minimum Gasteiger partial charge on any atom is -0.465 e. The Bertz CT molecular complexity index is 227. The molecule has 1 rings (SSSR count). The highest BCUT2D eigenvalue weighted by molar-refractivity contribution is 5.65. The summed E-state index contributed by atoms with van der Waals surface area (Å²) in [6.07, 6.45) is -2.16. The first-order chi connectivity index (χ1) is 6.29. The smallest absolute Gasteiger partial charge is 0.407 e. The van der Waals surface area contributed by atoms with Crippen molar-refractivity contribution in [1.82, 2.24) is 10.2 Å². The Balaban J connectivity index is 2.53. The molecule has 1 aliphatic rings. The molecule has 1 saturated heterocycles. The zero-order valence-electron chi connectivity index (χ0n) is 8.75. The number of alkyl halides is 1. The van der Waals surface area contributed by atoms with Gasteiger partial charge in [0.15, 0.2) is 0 Å². The molecule has 0 aromatic heterocycles. The van der Waals surface area contributed by atoms with E-state index in [9.17, 15) is 9.18 Å². The Morgan fingerprint density at radius 1 is 1.50 bits per heavy atom. The summed E-state index contributed by atoms with van der Waals surface area (Å²) in [4.78, 5) is 11.7. The van der Waals surface area contributed by atoms with Gasteiger partial charge in [0.25, 0.3) is 0 Å². The second-order valence-electron chi connectivity index (χ2n) is 4.70. The fourth-order valence-corrected chi connectivity index (χ4v) is 1.61. The van der Waals surface area contributed by atoms with Crippen LogP contribution in [0.5, 0.6) is 0 Å². The SMILES string of the molecule is CC(C)(C)N[C@@H]1CN(C(=O)O)C[C@@H]1F. The molecule has 1 aliphatic heterocycles. The topological polar surface area (TPSA) is 52.6 Å². The molecule has 4 nitrogen and oxygen atoms in total. The van der Waals surface area contributed by atoms with Crippen molar-refractivity contribution in [2.24, 2.45) is 0 Å². The lowest BCUT2D eigenvalue weighted by atomic mass is 10.1. The molecule has 0 spiro atoms. The van der Waals surface area contributed by atoms with Gasteiger partial charge in [-0.25, -0.2) is 9.18 Å². The van der Waals surface area contributed by atoms with E-state index in [-0.39, 0.29) is 24.7 Å². The van der Waals surface area contributed by atoms with E-state index in [2.05, 4.69) is 5.32 Å². The third-order valence-corrected chi connectivity index (χ3v) is 2.14. The molecule has 0 aliphatic carbocycles. The van der Waals surface area contributed by atoms with Crippen LogP contribution in [0.4, 0.5) is 9.18 Å². The number of rotatable bonds is 1. The third-order valence-electron chi connectivity index (χ3n) is 2.14. The molecule has 0 aromatic rings. The third kappa shape index (κ3) is 2.83. The predicted molar refractivity (Wildman–Crippen MR) is 51.2 cm³/mol. The van der Waals surface area contributed by atoms with Crippen LogP contribution in [0.1, 0.15) is 20.8 Å².